The Morgan fingerprint density at radius 1 is 0.760 bits per heavy atom. The zero-order valence-electron chi connectivity index (χ0n) is 26.8. The van der Waals surface area contributed by atoms with E-state index in [1.54, 1.807) is 73.8 Å². The van der Waals surface area contributed by atoms with E-state index in [1.807, 2.05) is 60.7 Å². The summed E-state index contributed by atoms with van der Waals surface area (Å²) in [6, 6.07) is 37.2. The lowest BCUT2D eigenvalue weighted by Gasteiger charge is -2.19. The van der Waals surface area contributed by atoms with Crippen LogP contribution in [0, 0.1) is 6.92 Å². The Labute approximate surface area is 292 Å². The van der Waals surface area contributed by atoms with Crippen molar-refractivity contribution in [2.75, 3.05) is 10.6 Å². The fourth-order valence-electron chi connectivity index (χ4n) is 5.28. The van der Waals surface area contributed by atoms with Gasteiger partial charge in [-0.3, -0.25) is 14.4 Å². The highest BCUT2D eigenvalue weighted by molar-refractivity contribution is 8.00. The van der Waals surface area contributed by atoms with Crippen LogP contribution in [-0.4, -0.2) is 33.8 Å². The normalized spacial score (nSPS) is 11.8. The zero-order chi connectivity index (χ0) is 35.0. The number of anilines is 2. The number of rotatable bonds is 11. The minimum Gasteiger partial charge on any atom is -0.478 e. The summed E-state index contributed by atoms with van der Waals surface area (Å²) in [5.41, 5.74) is 4.45. The number of nitrogens with one attached hydrogen (secondary N) is 4. The summed E-state index contributed by atoms with van der Waals surface area (Å²) in [7, 11) is 0. The van der Waals surface area contributed by atoms with Gasteiger partial charge in [-0.2, -0.15) is 0 Å². The fourth-order valence-corrected chi connectivity index (χ4v) is 6.37. The van der Waals surface area contributed by atoms with Gasteiger partial charge in [-0.15, -0.1) is 11.8 Å². The molecular formula is C40H32N4O5S. The Morgan fingerprint density at radius 3 is 2.24 bits per heavy atom. The number of carbonyl (C=O) groups is 4. The predicted octanol–water partition coefficient (Wildman–Crippen LogP) is 8.06. The molecule has 1 unspecified atom stereocenters. The molecule has 0 radical (unpaired) electrons. The highest BCUT2D eigenvalue weighted by atomic mass is 32.2. The van der Waals surface area contributed by atoms with Crippen molar-refractivity contribution in [2.45, 2.75) is 17.1 Å². The molecule has 0 saturated heterocycles. The maximum Gasteiger partial charge on any atom is 0.335 e. The van der Waals surface area contributed by atoms with E-state index in [-0.39, 0.29) is 17.2 Å². The number of amides is 3. The molecule has 0 spiro atoms. The molecule has 0 fully saturated rings. The largest absolute Gasteiger partial charge is 0.478 e. The van der Waals surface area contributed by atoms with Crippen molar-refractivity contribution in [2.24, 2.45) is 0 Å². The van der Waals surface area contributed by atoms with E-state index in [2.05, 4.69) is 20.9 Å². The number of hydrogen-bond donors (Lipinski definition) is 5. The SMILES string of the molecule is Cc1ccc(C(=O)O)cc1NC(=O)C(Sc1cccc(NC(=O)/C(=C/c2c[nH]c3ccccc23)NC(=O)c2ccccc2)c1)c1ccccc1. The number of aromatic nitrogens is 1. The summed E-state index contributed by atoms with van der Waals surface area (Å²) in [6.45, 7) is 1.79. The van der Waals surface area contributed by atoms with Crippen molar-refractivity contribution in [1.29, 1.82) is 0 Å². The summed E-state index contributed by atoms with van der Waals surface area (Å²) >= 11 is 1.28. The first-order valence-electron chi connectivity index (χ1n) is 15.7. The van der Waals surface area contributed by atoms with Gasteiger partial charge in [0.2, 0.25) is 5.91 Å². The number of para-hydroxylation sites is 1. The van der Waals surface area contributed by atoms with Gasteiger partial charge in [-0.05, 0) is 72.7 Å². The number of aromatic carboxylic acids is 1. The van der Waals surface area contributed by atoms with Crippen LogP contribution in [0.4, 0.5) is 11.4 Å². The Bertz CT molecular complexity index is 2230. The van der Waals surface area contributed by atoms with Crippen molar-refractivity contribution < 1.29 is 24.3 Å². The third-order valence-corrected chi connectivity index (χ3v) is 9.13. The van der Waals surface area contributed by atoms with Crippen LogP contribution in [0.2, 0.25) is 0 Å². The molecule has 1 heterocycles. The van der Waals surface area contributed by atoms with Gasteiger partial charge in [-0.1, -0.05) is 78.9 Å². The maximum absolute atomic E-state index is 13.8. The molecule has 9 nitrogen and oxygen atoms in total. The second-order valence-electron chi connectivity index (χ2n) is 11.4. The third kappa shape index (κ3) is 8.00. The summed E-state index contributed by atoms with van der Waals surface area (Å²) in [5, 5.41) is 18.2. The van der Waals surface area contributed by atoms with E-state index in [0.29, 0.717) is 21.8 Å². The Balaban J connectivity index is 1.26. The molecular weight excluding hydrogens is 649 g/mol. The van der Waals surface area contributed by atoms with Crippen molar-refractivity contribution in [1.82, 2.24) is 10.3 Å². The summed E-state index contributed by atoms with van der Waals surface area (Å²) in [5.74, 6) is -2.40. The number of aromatic amines is 1. The number of carbonyl (C=O) groups excluding carboxylic acids is 3. The second kappa shape index (κ2) is 15.2. The monoisotopic (exact) mass is 680 g/mol. The molecule has 5 aromatic carbocycles. The van der Waals surface area contributed by atoms with Gasteiger partial charge in [0.1, 0.15) is 10.9 Å². The van der Waals surface area contributed by atoms with Crippen LogP contribution in [0.5, 0.6) is 0 Å². The van der Waals surface area contributed by atoms with Crippen LogP contribution in [0.3, 0.4) is 0 Å². The minimum absolute atomic E-state index is 0.0437. The predicted molar refractivity (Wildman–Crippen MR) is 197 cm³/mol. The Kier molecular flexibility index (Phi) is 10.2. The lowest BCUT2D eigenvalue weighted by molar-refractivity contribution is -0.116. The molecule has 6 aromatic rings. The van der Waals surface area contributed by atoms with Crippen LogP contribution in [0.25, 0.3) is 17.0 Å². The molecule has 248 valence electrons. The highest BCUT2D eigenvalue weighted by Gasteiger charge is 2.24. The number of benzene rings is 5. The van der Waals surface area contributed by atoms with Gasteiger partial charge in [0.05, 0.1) is 5.56 Å². The number of aryl methyl sites for hydroxylation is 1. The molecule has 0 saturated carbocycles. The molecule has 1 aromatic heterocycles. The van der Waals surface area contributed by atoms with Crippen molar-refractivity contribution in [3.8, 4) is 0 Å². The van der Waals surface area contributed by atoms with Crippen LogP contribution in [0.1, 0.15) is 42.7 Å². The lowest BCUT2D eigenvalue weighted by atomic mass is 10.1. The number of carboxylic acid groups (broad SMARTS) is 1. The minimum atomic E-state index is -1.09. The third-order valence-electron chi connectivity index (χ3n) is 7.88. The second-order valence-corrected chi connectivity index (χ2v) is 12.6. The number of H-pyrrole nitrogens is 1. The number of hydrogen-bond acceptors (Lipinski definition) is 5. The lowest BCUT2D eigenvalue weighted by Crippen LogP contribution is -2.30. The molecule has 0 aliphatic carbocycles. The quantitative estimate of drug-likeness (QED) is 0.0693. The first-order valence-corrected chi connectivity index (χ1v) is 16.5. The summed E-state index contributed by atoms with van der Waals surface area (Å²) < 4.78 is 0. The van der Waals surface area contributed by atoms with E-state index in [4.69, 9.17) is 0 Å². The number of fused-ring (bicyclic) bond motifs is 1. The van der Waals surface area contributed by atoms with Gasteiger partial charge in [-0.25, -0.2) is 4.79 Å². The molecule has 0 aliphatic heterocycles. The maximum atomic E-state index is 13.8. The number of carboxylic acids is 1. The fraction of sp³-hybridized carbons (Fsp3) is 0.0500. The van der Waals surface area contributed by atoms with E-state index in [9.17, 15) is 24.3 Å². The zero-order valence-corrected chi connectivity index (χ0v) is 27.7. The Hall–Kier alpha value is -6.39. The molecule has 5 N–H and O–H groups in total. The molecule has 1 atom stereocenters. The van der Waals surface area contributed by atoms with Gasteiger partial charge in [0, 0.05) is 44.5 Å². The van der Waals surface area contributed by atoms with Crippen molar-refractivity contribution >= 4 is 63.8 Å². The van der Waals surface area contributed by atoms with Gasteiger partial charge < -0.3 is 26.0 Å². The highest BCUT2D eigenvalue weighted by Crippen LogP contribution is 2.37. The first-order chi connectivity index (χ1) is 24.2. The molecule has 10 heteroatoms. The molecule has 3 amide bonds. The van der Waals surface area contributed by atoms with E-state index in [0.717, 1.165) is 27.6 Å². The Morgan fingerprint density at radius 2 is 1.48 bits per heavy atom. The van der Waals surface area contributed by atoms with Crippen LogP contribution >= 0.6 is 11.8 Å². The van der Waals surface area contributed by atoms with Crippen LogP contribution in [0.15, 0.2) is 144 Å². The average Bonchev–Trinajstić information content (AvgIpc) is 3.54. The summed E-state index contributed by atoms with van der Waals surface area (Å²) in [4.78, 5) is 56.2. The van der Waals surface area contributed by atoms with E-state index >= 15 is 0 Å². The van der Waals surface area contributed by atoms with Crippen LogP contribution < -0.4 is 16.0 Å². The molecule has 0 bridgehead atoms. The average molecular weight is 681 g/mol. The topological polar surface area (TPSA) is 140 Å². The smallest absolute Gasteiger partial charge is 0.335 e. The summed E-state index contributed by atoms with van der Waals surface area (Å²) in [6.07, 6.45) is 3.41. The van der Waals surface area contributed by atoms with Crippen molar-refractivity contribution in [3.05, 3.63) is 167 Å². The number of thioether (sulfide) groups is 1. The van der Waals surface area contributed by atoms with Gasteiger partial charge >= 0.3 is 5.97 Å². The molecule has 50 heavy (non-hydrogen) atoms. The molecule has 6 rings (SSSR count). The molecule has 0 aliphatic rings. The van der Waals surface area contributed by atoms with E-state index < -0.39 is 23.0 Å². The van der Waals surface area contributed by atoms with Gasteiger partial charge in [0.15, 0.2) is 0 Å². The standard InChI is InChI=1S/C40H32N4O5S/c1-25-19-20-28(40(48)49)21-34(25)43-39(47)36(26-11-4-2-5-12-26)50-31-16-10-15-30(23-31)42-38(46)35(44-37(45)27-13-6-3-7-14-27)22-29-24-41-33-18-9-8-17-32(29)33/h2-24,36,41H,1H3,(H,42,46)(H,43,47)(H,44,45)(H,48,49)/b35-22-. The van der Waals surface area contributed by atoms with Crippen molar-refractivity contribution in [3.63, 3.8) is 0 Å². The van der Waals surface area contributed by atoms with E-state index in [1.165, 1.54) is 23.9 Å². The first kappa shape index (κ1) is 33.5. The van der Waals surface area contributed by atoms with Gasteiger partial charge in [0.25, 0.3) is 11.8 Å². The van der Waals surface area contributed by atoms with Crippen LogP contribution in [-0.2, 0) is 9.59 Å².